The molecule has 0 bridgehead atoms. The molecule has 1 fully saturated rings. The van der Waals surface area contributed by atoms with Crippen molar-refractivity contribution >= 4 is 21.6 Å². The molecule has 1 aliphatic rings. The van der Waals surface area contributed by atoms with Gasteiger partial charge in [-0.1, -0.05) is 19.9 Å². The Balaban J connectivity index is 1.99. The predicted molar refractivity (Wildman–Crippen MR) is 86.8 cm³/mol. The van der Waals surface area contributed by atoms with Crippen molar-refractivity contribution in [3.8, 4) is 0 Å². The van der Waals surface area contributed by atoms with Crippen LogP contribution in [-0.4, -0.2) is 32.6 Å². The topological polar surface area (TPSA) is 72.5 Å². The lowest BCUT2D eigenvalue weighted by Gasteiger charge is -2.23. The molecule has 2 rings (SSSR count). The maximum atomic E-state index is 14.3. The highest BCUT2D eigenvalue weighted by Crippen LogP contribution is 2.31. The summed E-state index contributed by atoms with van der Waals surface area (Å²) in [5.74, 6) is -0.115. The summed E-state index contributed by atoms with van der Waals surface area (Å²) in [6, 6.07) is 4.46. The summed E-state index contributed by atoms with van der Waals surface area (Å²) >= 11 is 0. The number of anilines is 1. The number of rotatable bonds is 4. The summed E-state index contributed by atoms with van der Waals surface area (Å²) in [7, 11) is -2.97. The van der Waals surface area contributed by atoms with Gasteiger partial charge in [0.25, 0.3) is 0 Å². The Morgan fingerprint density at radius 3 is 2.57 bits per heavy atom. The normalized spacial score (nSPS) is 17.9. The van der Waals surface area contributed by atoms with Gasteiger partial charge < -0.3 is 4.74 Å². The lowest BCUT2D eigenvalue weighted by atomic mass is 9.93. The number of hydrogen-bond acceptors (Lipinski definition) is 4. The molecule has 5 nitrogen and oxygen atoms in total. The van der Waals surface area contributed by atoms with Crippen molar-refractivity contribution in [1.29, 1.82) is 0 Å². The van der Waals surface area contributed by atoms with Gasteiger partial charge in [-0.25, -0.2) is 17.6 Å². The largest absolute Gasteiger partial charge is 0.449 e. The summed E-state index contributed by atoms with van der Waals surface area (Å²) in [5.41, 5.74) is 0.824. The number of benzene rings is 1. The van der Waals surface area contributed by atoms with Crippen LogP contribution in [0.25, 0.3) is 0 Å². The van der Waals surface area contributed by atoms with Crippen molar-refractivity contribution < 1.29 is 22.3 Å². The fourth-order valence-corrected chi connectivity index (χ4v) is 4.02. The lowest BCUT2D eigenvalue weighted by molar-refractivity contribution is 0.147. The summed E-state index contributed by atoms with van der Waals surface area (Å²) < 4.78 is 42.1. The Morgan fingerprint density at radius 2 is 2.00 bits per heavy atom. The molecule has 0 aromatic heterocycles. The van der Waals surface area contributed by atoms with E-state index < -0.39 is 21.7 Å². The Hall–Kier alpha value is -1.63. The van der Waals surface area contributed by atoms with Gasteiger partial charge in [0, 0.05) is 5.69 Å². The molecule has 1 amide bonds. The quantitative estimate of drug-likeness (QED) is 0.910. The molecule has 23 heavy (non-hydrogen) atoms. The Kier molecular flexibility index (Phi) is 5.62. The molecule has 0 unspecified atom stereocenters. The fraction of sp³-hybridized carbons (Fsp3) is 0.562. The predicted octanol–water partition coefficient (Wildman–Crippen LogP) is 3.32. The van der Waals surface area contributed by atoms with Gasteiger partial charge in [0.2, 0.25) is 0 Å². The molecule has 1 heterocycles. The third-order valence-corrected chi connectivity index (χ3v) is 5.50. The molecule has 0 saturated carbocycles. The molecule has 1 saturated heterocycles. The van der Waals surface area contributed by atoms with Gasteiger partial charge in [0.1, 0.15) is 15.7 Å². The lowest BCUT2D eigenvalue weighted by Crippen LogP contribution is -2.22. The second kappa shape index (κ2) is 7.29. The fourth-order valence-electron chi connectivity index (χ4n) is 2.53. The molecular formula is C16H22FNO4S. The van der Waals surface area contributed by atoms with Crippen LogP contribution in [0.4, 0.5) is 14.9 Å². The van der Waals surface area contributed by atoms with Crippen molar-refractivity contribution in [1.82, 2.24) is 0 Å². The molecule has 1 aromatic carbocycles. The summed E-state index contributed by atoms with van der Waals surface area (Å²) in [4.78, 5) is 11.6. The minimum absolute atomic E-state index is 0.0959. The summed E-state index contributed by atoms with van der Waals surface area (Å²) in [6.45, 7) is 4.14. The second-order valence-electron chi connectivity index (χ2n) is 6.28. The molecule has 128 valence electrons. The van der Waals surface area contributed by atoms with Crippen LogP contribution in [0.2, 0.25) is 0 Å². The zero-order chi connectivity index (χ0) is 17.0. The first-order chi connectivity index (χ1) is 10.8. The van der Waals surface area contributed by atoms with Gasteiger partial charge in [0.15, 0.2) is 0 Å². The van der Waals surface area contributed by atoms with Crippen LogP contribution < -0.4 is 5.32 Å². The van der Waals surface area contributed by atoms with E-state index in [1.807, 2.05) is 13.8 Å². The number of ether oxygens (including phenoxy) is 1. The number of carbonyl (C=O) groups is 1. The highest BCUT2D eigenvalue weighted by Gasteiger charge is 2.26. The molecule has 1 N–H and O–H groups in total. The van der Waals surface area contributed by atoms with Gasteiger partial charge in [-0.15, -0.1) is 0 Å². The Morgan fingerprint density at radius 1 is 1.35 bits per heavy atom. The van der Waals surface area contributed by atoms with E-state index in [1.54, 1.807) is 12.1 Å². The highest BCUT2D eigenvalue weighted by atomic mass is 32.2. The second-order valence-corrected chi connectivity index (χ2v) is 8.58. The molecule has 1 aliphatic heterocycles. The van der Waals surface area contributed by atoms with Crippen molar-refractivity contribution in [3.63, 3.8) is 0 Å². The first kappa shape index (κ1) is 17.7. The molecule has 7 heteroatoms. The minimum atomic E-state index is -2.97. The molecule has 0 atom stereocenters. The van der Waals surface area contributed by atoms with Crippen LogP contribution >= 0.6 is 0 Å². The maximum absolute atomic E-state index is 14.3. The van der Waals surface area contributed by atoms with Crippen molar-refractivity contribution in [2.24, 2.45) is 5.92 Å². The summed E-state index contributed by atoms with van der Waals surface area (Å²) in [5, 5.41) is 2.48. The zero-order valence-electron chi connectivity index (χ0n) is 13.3. The first-order valence-electron chi connectivity index (χ1n) is 7.70. The Labute approximate surface area is 136 Å². The van der Waals surface area contributed by atoms with E-state index in [-0.39, 0.29) is 23.3 Å². The van der Waals surface area contributed by atoms with E-state index in [0.717, 1.165) is 0 Å². The molecule has 0 spiro atoms. The van der Waals surface area contributed by atoms with E-state index in [4.69, 9.17) is 4.74 Å². The van der Waals surface area contributed by atoms with Gasteiger partial charge in [-0.3, -0.25) is 5.32 Å². The van der Waals surface area contributed by atoms with Gasteiger partial charge in [-0.05, 0) is 42.4 Å². The van der Waals surface area contributed by atoms with Gasteiger partial charge >= 0.3 is 6.09 Å². The van der Waals surface area contributed by atoms with E-state index in [2.05, 4.69) is 5.32 Å². The smallest absolute Gasteiger partial charge is 0.411 e. The van der Waals surface area contributed by atoms with Crippen molar-refractivity contribution in [3.05, 3.63) is 29.6 Å². The third-order valence-electron chi connectivity index (χ3n) is 3.79. The molecular weight excluding hydrogens is 321 g/mol. The van der Waals surface area contributed by atoms with Crippen LogP contribution in [0.3, 0.4) is 0 Å². The highest BCUT2D eigenvalue weighted by molar-refractivity contribution is 7.91. The van der Waals surface area contributed by atoms with Gasteiger partial charge in [0.05, 0.1) is 18.1 Å². The van der Waals surface area contributed by atoms with E-state index in [9.17, 15) is 17.6 Å². The standard InChI is InChI=1S/C16H22FNO4S/c1-11(2)10-22-16(19)18-13-3-4-14(15(17)9-13)12-5-7-23(20,21)8-6-12/h3-4,9,11-12H,5-8,10H2,1-2H3,(H,18,19). The monoisotopic (exact) mass is 343 g/mol. The summed E-state index contributed by atoms with van der Waals surface area (Å²) in [6.07, 6.45) is 0.250. The van der Waals surface area contributed by atoms with Crippen molar-refractivity contribution in [2.75, 3.05) is 23.4 Å². The van der Waals surface area contributed by atoms with E-state index >= 15 is 0 Å². The van der Waals surface area contributed by atoms with Crippen LogP contribution in [0.5, 0.6) is 0 Å². The minimum Gasteiger partial charge on any atom is -0.449 e. The average molecular weight is 343 g/mol. The average Bonchev–Trinajstić information content (AvgIpc) is 2.46. The number of sulfone groups is 1. The van der Waals surface area contributed by atoms with Crippen LogP contribution in [0.15, 0.2) is 18.2 Å². The van der Waals surface area contributed by atoms with Crippen LogP contribution in [0, 0.1) is 11.7 Å². The van der Waals surface area contributed by atoms with Crippen LogP contribution in [-0.2, 0) is 14.6 Å². The molecule has 0 aliphatic carbocycles. The van der Waals surface area contributed by atoms with Gasteiger partial charge in [-0.2, -0.15) is 0 Å². The van der Waals surface area contributed by atoms with Crippen LogP contribution in [0.1, 0.15) is 38.2 Å². The van der Waals surface area contributed by atoms with E-state index in [0.29, 0.717) is 30.7 Å². The molecule has 1 aromatic rings. The maximum Gasteiger partial charge on any atom is 0.411 e. The number of amides is 1. The zero-order valence-corrected chi connectivity index (χ0v) is 14.2. The SMILES string of the molecule is CC(C)COC(=O)Nc1ccc(C2CCS(=O)(=O)CC2)c(F)c1. The first-order valence-corrected chi connectivity index (χ1v) is 9.52. The number of nitrogens with one attached hydrogen (secondary N) is 1. The third kappa shape index (κ3) is 5.20. The Bertz CT molecular complexity index is 659. The van der Waals surface area contributed by atoms with Crippen molar-refractivity contribution in [2.45, 2.75) is 32.6 Å². The van der Waals surface area contributed by atoms with E-state index in [1.165, 1.54) is 6.07 Å². The number of hydrogen-bond donors (Lipinski definition) is 1. The number of halogens is 1. The number of carbonyl (C=O) groups excluding carboxylic acids is 1. The molecule has 0 radical (unpaired) electrons.